The highest BCUT2D eigenvalue weighted by molar-refractivity contribution is 9.10. The van der Waals surface area contributed by atoms with Crippen LogP contribution >= 0.6 is 15.9 Å². The molecule has 16 atom stereocenters. The van der Waals surface area contributed by atoms with Crippen LogP contribution in [0.2, 0.25) is 0 Å². The van der Waals surface area contributed by atoms with Gasteiger partial charge in [-0.25, -0.2) is 39.3 Å². The number of hydrogen-bond donors (Lipinski definition) is 9. The predicted octanol–water partition coefficient (Wildman–Crippen LogP) is 20.5. The first-order chi connectivity index (χ1) is 62.5. The third-order valence-electron chi connectivity index (χ3n) is 25.9. The van der Waals surface area contributed by atoms with Gasteiger partial charge in [0.1, 0.15) is 68.6 Å². The lowest BCUT2D eigenvalue weighted by Crippen LogP contribution is -2.38. The Morgan fingerprint density at radius 3 is 1.37 bits per heavy atom. The molecule has 0 spiro atoms. The van der Waals surface area contributed by atoms with Crippen LogP contribution in [-0.2, 0) is 23.7 Å². The van der Waals surface area contributed by atoms with E-state index in [1.807, 2.05) is 119 Å². The largest absolute Gasteiger partial charge is 0.462 e. The number of imidazole rings is 5. The van der Waals surface area contributed by atoms with Crippen LogP contribution in [0, 0.1) is 77.5 Å². The Morgan fingerprint density at radius 1 is 0.443 bits per heavy atom. The second-order valence-electron chi connectivity index (χ2n) is 41.5. The number of ether oxygens (including phenoxy) is 4. The predicted molar refractivity (Wildman–Crippen MR) is 513 cm³/mol. The van der Waals surface area contributed by atoms with Gasteiger partial charge in [0.25, 0.3) is 6.47 Å². The number of benzene rings is 6. The highest BCUT2D eigenvalue weighted by Crippen LogP contribution is 2.54. The highest BCUT2D eigenvalue weighted by atomic mass is 79.9. The normalized spacial score (nSPS) is 25.2. The number of aromatic nitrogens is 10. The van der Waals surface area contributed by atoms with E-state index in [0.29, 0.717) is 61.3 Å². The average Bonchev–Trinajstić information content (AvgIpc) is 1.56. The number of amides is 3. The molecule has 26 heteroatoms. The minimum absolute atomic E-state index is 0.0926. The van der Waals surface area contributed by atoms with Gasteiger partial charge < -0.3 is 65.1 Å². The smallest absolute Gasteiger partial charge is 0.411 e. The summed E-state index contributed by atoms with van der Waals surface area (Å²) in [5.41, 5.74) is 8.73. The number of halogens is 1. The number of piperidine rings is 3. The first kappa shape index (κ1) is 90.8. The van der Waals surface area contributed by atoms with E-state index in [2.05, 4.69) is 245 Å². The Balaban J connectivity index is 0.000000127. The summed E-state index contributed by atoms with van der Waals surface area (Å²) in [6, 6.07) is 40.3. The number of carbonyl (C=O) groups is 4. The van der Waals surface area contributed by atoms with Crippen molar-refractivity contribution in [1.29, 1.82) is 0 Å². The Bertz CT molecular complexity index is 6260. The molecular weight excluding hydrogens is 1710 g/mol. The lowest BCUT2D eigenvalue weighted by molar-refractivity contribution is -0.138. The lowest BCUT2D eigenvalue weighted by Gasteiger charge is -2.29. The zero-order valence-corrected chi connectivity index (χ0v) is 79.2. The zero-order chi connectivity index (χ0) is 92.1. The third-order valence-corrected chi connectivity index (χ3v) is 26.4. The molecule has 21 rings (SSSR count). The molecule has 4 saturated carbocycles. The van der Waals surface area contributed by atoms with E-state index in [-0.39, 0.29) is 48.0 Å². The van der Waals surface area contributed by atoms with Gasteiger partial charge in [0, 0.05) is 64.1 Å². The summed E-state index contributed by atoms with van der Waals surface area (Å²) in [5, 5.41) is 21.4. The molecule has 131 heavy (non-hydrogen) atoms. The van der Waals surface area contributed by atoms with Crippen LogP contribution in [0.25, 0.3) is 60.5 Å². The van der Waals surface area contributed by atoms with Crippen molar-refractivity contribution >= 4 is 78.7 Å². The van der Waals surface area contributed by atoms with Crippen LogP contribution in [0.4, 0.5) is 14.4 Å². The van der Waals surface area contributed by atoms with E-state index in [1.165, 1.54) is 77.8 Å². The molecule has 6 aliphatic heterocycles. The first-order valence-electron chi connectivity index (χ1n) is 46.4. The molecule has 6 aromatic carbocycles. The van der Waals surface area contributed by atoms with Crippen molar-refractivity contribution in [2.24, 2.45) is 41.4 Å². The van der Waals surface area contributed by atoms with E-state index >= 15 is 0 Å². The molecule has 3 amide bonds. The van der Waals surface area contributed by atoms with Crippen molar-refractivity contribution in [3.05, 3.63) is 214 Å². The maximum atomic E-state index is 13.0. The van der Waals surface area contributed by atoms with Gasteiger partial charge in [0.2, 0.25) is 0 Å². The fraction of sp³-hybridized carbons (Fsp3) is 0.457. The summed E-state index contributed by atoms with van der Waals surface area (Å²) in [5.74, 6) is 24.6. The van der Waals surface area contributed by atoms with Gasteiger partial charge in [0.05, 0.1) is 84.4 Å². The van der Waals surface area contributed by atoms with Gasteiger partial charge in [-0.05, 0) is 293 Å². The maximum absolute atomic E-state index is 13.0. The Kier molecular flexibility index (Phi) is 25.8. The van der Waals surface area contributed by atoms with Crippen LogP contribution in [0.3, 0.4) is 0 Å². The molecular formula is C105H122BrN17O8. The number of nitrogens with zero attached hydrogens (tertiary/aromatic N) is 8. The van der Waals surface area contributed by atoms with Gasteiger partial charge in [-0.3, -0.25) is 19.5 Å². The summed E-state index contributed by atoms with van der Waals surface area (Å²) in [4.78, 5) is 93.2. The SMILES string of the molecule is C#Cc1cnc([C@@H]2C[C@H]3C[C@H]3N2)[nH]1.CC(C)(C)OC=O.C[C@@H]1CC[C@H](C2NC=C(c3ccc4cc(C#Cc5cnc([C@@H]6C[C@H]7C[C@H]7N6)[nH]5)ccc4c3)N2)C1.C[C@H]1C[C@@H](c2ncc(-c3ccc4cc(Br)ccc4c3)[nH]2)N(C(=O)OC(C)(C)C)C1.C[C@H]1C[C@@H](c2ncc(-c3ccc4cc(C#Cc5cnc([C@@H]6C[C@H]7C[C@H]7N6C(=O)OC(C)(C)C)[nH]5)ccc4c3)[nH]2)N(C(=O)OC(C)(C)C)C1. The number of hydrogen-bond acceptors (Lipinski definition) is 17. The summed E-state index contributed by atoms with van der Waals surface area (Å²) >= 11 is 3.52. The molecule has 0 bridgehead atoms. The molecule has 25 nitrogen and oxygen atoms in total. The number of terminal acetylenes is 1. The van der Waals surface area contributed by atoms with Crippen molar-refractivity contribution in [1.82, 2.24) is 85.8 Å². The standard InChI is InChI=1S/C38H44N6O4.C29H31N5.C23H26BrN3O2.C10H11N3.C5H10O2/c1-22-14-31(43(21-22)35(45)47-37(2,3)4)33-40-20-29(42-33)26-12-11-24-15-23(8-10-25(24)16-26)9-13-28-19-39-34(41-28)32-18-27-17-30(27)44(32)36(46)48-38(5,6)7;1-17-2-5-22(10-17)28-31-16-27(34-28)21-8-7-19-11-18(3-6-20(19)12-21)4-9-24-15-30-29(32-24)26-14-23-13-25(23)33-26;1-14-9-20(27(13-14)22(28)29-23(2,3)4)21-25-12-19(26-21)17-6-5-16-11-18(24)8-7-15(16)10-17;1-2-7-5-11-10(12-7)9-4-6-3-8(6)13-9;1-5(2,3)7-4-6/h8,10-12,15-16,19-20,22,27,30-32H,14,17-18,21H2,1-7H3,(H,39,41)(H,40,42);3,6-8,11-12,15-17,22-23,25-26,28,31,33-34H,2,5,10,13-14H2,1H3,(H,30,32);5-8,10-12,14,20H,9,13H2,1-4H3,(H,25,26);1,5-6,8-9,13H,3-4H2,(H,11,12);4H,1-3H3/t22-,27+,30+,31-,32-;17-,22+,23-,25-,26+,28?;14-,20-;6-,8-,9+;/m0101./s1. The van der Waals surface area contributed by atoms with Gasteiger partial charge in [-0.15, -0.1) is 6.42 Å². The minimum Gasteiger partial charge on any atom is -0.462 e. The van der Waals surface area contributed by atoms with E-state index in [0.717, 1.165) is 151 Å². The van der Waals surface area contributed by atoms with E-state index in [4.69, 9.17) is 20.6 Å². The number of aromatic amines is 5. The second kappa shape index (κ2) is 37.2. The molecule has 9 N–H and O–H groups in total. The summed E-state index contributed by atoms with van der Waals surface area (Å²) in [6.45, 7) is 30.9. The molecule has 9 fully saturated rings. The number of H-pyrrole nitrogens is 5. The molecule has 10 aliphatic rings. The van der Waals surface area contributed by atoms with Gasteiger partial charge in [0.15, 0.2) is 0 Å². The van der Waals surface area contributed by atoms with Crippen molar-refractivity contribution in [3.63, 3.8) is 0 Å². The minimum atomic E-state index is -0.552. The molecule has 0 radical (unpaired) electrons. The average molecular weight is 1830 g/mol. The fourth-order valence-electron chi connectivity index (χ4n) is 19.2. The van der Waals surface area contributed by atoms with Gasteiger partial charge >= 0.3 is 18.3 Å². The zero-order valence-electron chi connectivity index (χ0n) is 77.7. The lowest BCUT2D eigenvalue weighted by atomic mass is 10.0. The summed E-state index contributed by atoms with van der Waals surface area (Å²) in [7, 11) is 0. The molecule has 11 aromatic rings. The quantitative estimate of drug-likeness (QED) is 0.0349. The van der Waals surface area contributed by atoms with E-state index in [9.17, 15) is 19.2 Å². The number of carbonyl (C=O) groups excluding carboxylic acids is 4. The molecule has 11 heterocycles. The van der Waals surface area contributed by atoms with Gasteiger partial charge in [-0.2, -0.15) is 0 Å². The molecule has 1 unspecified atom stereocenters. The summed E-state index contributed by atoms with van der Waals surface area (Å²) in [6.07, 6.45) is 28.6. The molecule has 4 aliphatic carbocycles. The summed E-state index contributed by atoms with van der Waals surface area (Å²) < 4.78 is 22.6. The van der Waals surface area contributed by atoms with Crippen molar-refractivity contribution in [2.45, 2.75) is 251 Å². The van der Waals surface area contributed by atoms with Crippen LogP contribution in [0.5, 0.6) is 0 Å². The topological polar surface area (TPSA) is 306 Å². The van der Waals surface area contributed by atoms with E-state index in [1.54, 1.807) is 22.2 Å². The monoisotopic (exact) mass is 1830 g/mol. The van der Waals surface area contributed by atoms with Crippen LogP contribution in [-0.4, -0.2) is 149 Å². The number of nitrogens with one attached hydrogen (secondary N) is 9. The number of fused-ring (bicyclic) bond motifs is 6. The third kappa shape index (κ3) is 22.4. The Morgan fingerprint density at radius 2 is 0.893 bits per heavy atom. The maximum Gasteiger partial charge on any atom is 0.411 e. The van der Waals surface area contributed by atoms with E-state index < -0.39 is 16.8 Å². The Hall–Kier alpha value is -12.2. The van der Waals surface area contributed by atoms with Crippen LogP contribution in [0.1, 0.15) is 268 Å². The first-order valence-corrected chi connectivity index (χ1v) is 47.2. The molecule has 682 valence electrons. The Labute approximate surface area is 776 Å². The van der Waals surface area contributed by atoms with Crippen LogP contribution < -0.4 is 21.3 Å². The molecule has 5 saturated heterocycles. The number of rotatable bonds is 10. The van der Waals surface area contributed by atoms with Crippen molar-refractivity contribution in [2.75, 3.05) is 13.1 Å². The fourth-order valence-corrected chi connectivity index (χ4v) is 19.6. The van der Waals surface area contributed by atoms with Gasteiger partial charge in [-0.1, -0.05) is 115 Å². The second-order valence-corrected chi connectivity index (χ2v) is 42.4. The van der Waals surface area contributed by atoms with Crippen molar-refractivity contribution < 1.29 is 38.1 Å². The highest BCUT2D eigenvalue weighted by Gasteiger charge is 2.56. The van der Waals surface area contributed by atoms with Crippen LogP contribution in [0.15, 0.2) is 151 Å². The van der Waals surface area contributed by atoms with Crippen molar-refractivity contribution in [3.8, 4) is 58.5 Å². The number of likely N-dealkylation sites (tertiary alicyclic amines) is 3. The molecule has 5 aromatic heterocycles.